The number of aliphatic hydroxyl groups is 3. The van der Waals surface area contributed by atoms with Crippen LogP contribution in [0.4, 0.5) is 13.2 Å². The van der Waals surface area contributed by atoms with Crippen LogP contribution in [-0.2, 0) is 25.0 Å². The second-order valence-corrected chi connectivity index (χ2v) is 8.09. The number of fused-ring (bicyclic) bond motifs is 2. The van der Waals surface area contributed by atoms with Crippen LogP contribution >= 0.6 is 15.9 Å². The normalized spacial score (nSPS) is 26.2. The molecular formula is C18H18BrF3NO10+. The highest BCUT2D eigenvalue weighted by Crippen LogP contribution is 2.43. The number of nitrogens with one attached hydrogen (secondary N) is 1. The summed E-state index contributed by atoms with van der Waals surface area (Å²) in [6, 6.07) is 2.27. The van der Waals surface area contributed by atoms with E-state index in [0.29, 0.717) is 18.4 Å². The van der Waals surface area contributed by atoms with Gasteiger partial charge in [-0.2, -0.15) is 13.2 Å². The molecule has 0 aromatic heterocycles. The average Bonchev–Trinajstić information content (AvgIpc) is 3.30. The van der Waals surface area contributed by atoms with Crippen LogP contribution in [-0.4, -0.2) is 70.3 Å². The lowest BCUT2D eigenvalue weighted by Gasteiger charge is -2.31. The van der Waals surface area contributed by atoms with Gasteiger partial charge in [-0.05, 0) is 24.6 Å². The molecule has 0 amide bonds. The molecule has 0 radical (unpaired) electrons. The fraction of sp³-hybridized carbons (Fsp3) is 0.500. The Balaban J connectivity index is 0.000000968. The predicted molar refractivity (Wildman–Crippen MR) is 101 cm³/mol. The Hall–Kier alpha value is -2.30. The first-order valence-corrected chi connectivity index (χ1v) is 10.1. The molecule has 15 heteroatoms. The highest BCUT2D eigenvalue weighted by molar-refractivity contribution is 9.10. The number of rotatable bonds is 3. The van der Waals surface area contributed by atoms with E-state index in [-0.39, 0.29) is 22.7 Å². The summed E-state index contributed by atoms with van der Waals surface area (Å²) in [5.74, 6) is -5.36. The zero-order valence-electron chi connectivity index (χ0n) is 16.4. The Labute approximate surface area is 191 Å². The van der Waals surface area contributed by atoms with Crippen molar-refractivity contribution in [2.45, 2.75) is 43.0 Å². The number of alkyl halides is 3. The molecule has 5 N–H and O–H groups in total. The van der Waals surface area contributed by atoms with Crippen molar-refractivity contribution in [3.05, 3.63) is 38.2 Å². The van der Waals surface area contributed by atoms with Gasteiger partial charge in [-0.25, -0.2) is 10.0 Å². The lowest BCUT2D eigenvalue weighted by atomic mass is 9.98. The summed E-state index contributed by atoms with van der Waals surface area (Å²) in [6.07, 6.45) is -7.98. The van der Waals surface area contributed by atoms with Gasteiger partial charge in [0, 0.05) is 16.6 Å². The third-order valence-corrected chi connectivity index (χ3v) is 5.44. The van der Waals surface area contributed by atoms with Crippen LogP contribution in [0.3, 0.4) is 0 Å². The maximum atomic E-state index is 13.7. The molecule has 4 atom stereocenters. The third kappa shape index (κ3) is 5.44. The molecule has 2 fully saturated rings. The quantitative estimate of drug-likeness (QED) is 0.191. The van der Waals surface area contributed by atoms with E-state index in [9.17, 15) is 33.3 Å². The zero-order valence-corrected chi connectivity index (χ0v) is 18.0. The monoisotopic (exact) mass is 544 g/mol. The maximum absolute atomic E-state index is 13.7. The van der Waals surface area contributed by atoms with Crippen LogP contribution in [0.15, 0.2) is 22.2 Å². The fourth-order valence-electron chi connectivity index (χ4n) is 3.67. The minimum atomic E-state index is -5.03. The summed E-state index contributed by atoms with van der Waals surface area (Å²) in [5.41, 5.74) is -1.65. The number of hydrogen-bond acceptors (Lipinski definition) is 9. The topological polar surface area (TPSA) is 166 Å². The molecule has 1 aromatic carbocycles. The van der Waals surface area contributed by atoms with Gasteiger partial charge in [-0.1, -0.05) is 15.9 Å². The summed E-state index contributed by atoms with van der Waals surface area (Å²) in [7, 11) is 0. The first-order chi connectivity index (χ1) is 15.4. The van der Waals surface area contributed by atoms with Crippen molar-refractivity contribution in [1.29, 1.82) is 0 Å². The molecule has 1 aromatic rings. The first-order valence-electron chi connectivity index (χ1n) is 9.28. The van der Waals surface area contributed by atoms with Crippen molar-refractivity contribution in [3.63, 3.8) is 0 Å². The molecular weight excluding hydrogens is 527 g/mol. The number of ether oxygens (including phenoxy) is 4. The second kappa shape index (κ2) is 9.52. The molecule has 0 bridgehead atoms. The van der Waals surface area contributed by atoms with Crippen LogP contribution in [0.5, 0.6) is 5.75 Å². The van der Waals surface area contributed by atoms with Crippen LogP contribution in [0.25, 0.3) is 6.08 Å². The van der Waals surface area contributed by atoms with Gasteiger partial charge in [-0.3, -0.25) is 0 Å². The lowest BCUT2D eigenvalue weighted by Crippen LogP contribution is -2.58. The van der Waals surface area contributed by atoms with Gasteiger partial charge in [0.05, 0.1) is 28.8 Å². The molecule has 2 saturated heterocycles. The Morgan fingerprint density at radius 2 is 1.88 bits per heavy atom. The number of carbonyl (C=O) groups excluding carboxylic acids is 1. The first kappa shape index (κ1) is 25.3. The fourth-order valence-corrected chi connectivity index (χ4v) is 4.15. The summed E-state index contributed by atoms with van der Waals surface area (Å²) in [6.45, 7) is 0.399. The van der Waals surface area contributed by atoms with Gasteiger partial charge >= 0.3 is 18.1 Å². The van der Waals surface area contributed by atoms with Crippen molar-refractivity contribution in [3.8, 4) is 5.75 Å². The highest BCUT2D eigenvalue weighted by Gasteiger charge is 2.51. The van der Waals surface area contributed by atoms with E-state index in [0.717, 1.165) is 12.1 Å². The van der Waals surface area contributed by atoms with Crippen molar-refractivity contribution < 1.29 is 62.8 Å². The van der Waals surface area contributed by atoms with E-state index in [1.807, 2.05) is 0 Å². The molecule has 3 aliphatic rings. The molecule has 0 aliphatic carbocycles. The maximum Gasteiger partial charge on any atom is 0.430 e. The molecule has 11 nitrogen and oxygen atoms in total. The summed E-state index contributed by atoms with van der Waals surface area (Å²) in [4.78, 5) is 20.9. The zero-order chi connectivity index (χ0) is 24.6. The number of esters is 1. The summed E-state index contributed by atoms with van der Waals surface area (Å²) in [5, 5.41) is 35.8. The molecule has 33 heavy (non-hydrogen) atoms. The Kier molecular flexibility index (Phi) is 7.30. The van der Waals surface area contributed by atoms with E-state index < -0.39 is 53.3 Å². The molecule has 0 spiro atoms. The molecule has 3 aliphatic heterocycles. The van der Waals surface area contributed by atoms with Gasteiger partial charge < -0.3 is 34.3 Å². The van der Waals surface area contributed by atoms with Gasteiger partial charge in [0.1, 0.15) is 11.9 Å². The number of halogens is 4. The highest BCUT2D eigenvalue weighted by atomic mass is 79.9. The summed E-state index contributed by atoms with van der Waals surface area (Å²) < 4.78 is 62.2. The molecule has 0 saturated carbocycles. The molecule has 4 unspecified atom stereocenters. The van der Waals surface area contributed by atoms with E-state index in [4.69, 9.17) is 29.1 Å². The third-order valence-electron chi connectivity index (χ3n) is 4.98. The van der Waals surface area contributed by atoms with Gasteiger partial charge in [0.2, 0.25) is 6.10 Å². The Morgan fingerprint density at radius 3 is 2.48 bits per heavy atom. The minimum Gasteiger partial charge on any atom is -0.475 e. The molecule has 3 heterocycles. The average molecular weight is 545 g/mol. The van der Waals surface area contributed by atoms with E-state index in [2.05, 4.69) is 15.9 Å². The number of carbonyl (C=O) groups is 1. The minimum absolute atomic E-state index is 0.000234. The number of benzene rings is 1. The standard InChI is InChI=1S/C18H16BrF3O8.HNO2/c19-8-3-7-4-9(16(23)29-12-6-28-11-1-2-27-14(11)12)15(17(20,21)22)30-13(7)10(5-8)18(24,25)26;2-1-3/h3-5,11-12,14-15,24-26H,1-2,6H2;1H/p+1. The Bertz CT molecular complexity index is 949. The molecule has 182 valence electrons. The largest absolute Gasteiger partial charge is 0.475 e. The van der Waals surface area contributed by atoms with Crippen LogP contribution in [0.2, 0.25) is 0 Å². The molecule has 4 rings (SSSR count). The van der Waals surface area contributed by atoms with Gasteiger partial charge in [0.15, 0.2) is 11.4 Å². The van der Waals surface area contributed by atoms with E-state index in [1.165, 1.54) is 6.07 Å². The van der Waals surface area contributed by atoms with Crippen LogP contribution < -0.4 is 10.1 Å². The van der Waals surface area contributed by atoms with Gasteiger partial charge in [-0.15, -0.1) is 0 Å². The summed E-state index contributed by atoms with van der Waals surface area (Å²) >= 11 is 3.06. The Morgan fingerprint density at radius 1 is 1.21 bits per heavy atom. The van der Waals surface area contributed by atoms with E-state index in [1.54, 1.807) is 0 Å². The van der Waals surface area contributed by atoms with Crippen molar-refractivity contribution in [2.24, 2.45) is 0 Å². The van der Waals surface area contributed by atoms with Crippen molar-refractivity contribution in [1.82, 2.24) is 0 Å². The van der Waals surface area contributed by atoms with E-state index >= 15 is 0 Å². The lowest BCUT2D eigenvalue weighted by molar-refractivity contribution is -0.755. The smallest absolute Gasteiger partial charge is 0.430 e. The predicted octanol–water partition coefficient (Wildman–Crippen LogP) is -0.435. The van der Waals surface area contributed by atoms with Crippen LogP contribution in [0, 0.1) is 4.91 Å². The van der Waals surface area contributed by atoms with Crippen LogP contribution in [0.1, 0.15) is 17.5 Å². The van der Waals surface area contributed by atoms with Gasteiger partial charge in [0.25, 0.3) is 0 Å². The SMILES string of the molecule is O=C(OC1COC2CCOC21)C1=Cc2cc(Br)cc(C(O)(O)O)c2OC1C(F)(F)F.O=[NH+]O. The van der Waals surface area contributed by atoms with Crippen molar-refractivity contribution in [2.75, 3.05) is 13.2 Å². The number of hydrogen-bond donors (Lipinski definition) is 5. The van der Waals surface area contributed by atoms with Crippen molar-refractivity contribution >= 4 is 28.0 Å². The second-order valence-electron chi connectivity index (χ2n) is 7.18.